The van der Waals surface area contributed by atoms with E-state index in [-0.39, 0.29) is 0 Å². The molecular weight excluding hydrogens is 274 g/mol. The van der Waals surface area contributed by atoms with E-state index in [1.54, 1.807) is 0 Å². The molecule has 0 amide bonds. The summed E-state index contributed by atoms with van der Waals surface area (Å²) in [5.41, 5.74) is 0. The standard InChI is InChI=1S/C13H23N5OS/c1-17-7-8-20-10-11(17)13-15-12(19-16-13)9-18-5-2-3-14-4-6-18/h11,14H,2-10H2,1H3. The highest BCUT2D eigenvalue weighted by Gasteiger charge is 2.26. The molecule has 2 aliphatic heterocycles. The second-order valence-corrected chi connectivity index (χ2v) is 6.65. The van der Waals surface area contributed by atoms with Gasteiger partial charge in [-0.2, -0.15) is 16.7 Å². The van der Waals surface area contributed by atoms with Gasteiger partial charge in [-0.15, -0.1) is 0 Å². The summed E-state index contributed by atoms with van der Waals surface area (Å²) in [6, 6.07) is 0.303. The molecule has 0 aliphatic carbocycles. The van der Waals surface area contributed by atoms with Gasteiger partial charge in [-0.25, -0.2) is 0 Å². The van der Waals surface area contributed by atoms with Crippen LogP contribution in [0.4, 0.5) is 0 Å². The van der Waals surface area contributed by atoms with Crippen molar-refractivity contribution in [3.63, 3.8) is 0 Å². The molecule has 0 radical (unpaired) electrons. The lowest BCUT2D eigenvalue weighted by Gasteiger charge is -2.29. The predicted molar refractivity (Wildman–Crippen MR) is 79.8 cm³/mol. The summed E-state index contributed by atoms with van der Waals surface area (Å²) in [5, 5.41) is 7.60. The molecule has 6 nitrogen and oxygen atoms in total. The molecule has 1 aromatic heterocycles. The monoisotopic (exact) mass is 297 g/mol. The van der Waals surface area contributed by atoms with Crippen LogP contribution in [-0.2, 0) is 6.54 Å². The third kappa shape index (κ3) is 3.52. The Labute approximate surface area is 124 Å². The van der Waals surface area contributed by atoms with E-state index >= 15 is 0 Å². The normalized spacial score (nSPS) is 26.6. The summed E-state index contributed by atoms with van der Waals surface area (Å²) in [7, 11) is 2.14. The molecule has 112 valence electrons. The molecule has 2 fully saturated rings. The van der Waals surface area contributed by atoms with Crippen molar-refractivity contribution in [2.24, 2.45) is 0 Å². The van der Waals surface area contributed by atoms with Crippen molar-refractivity contribution < 1.29 is 4.52 Å². The first kappa shape index (κ1) is 14.3. The van der Waals surface area contributed by atoms with Crippen LogP contribution in [0.15, 0.2) is 4.52 Å². The highest BCUT2D eigenvalue weighted by Crippen LogP contribution is 2.26. The first-order valence-electron chi connectivity index (χ1n) is 7.36. The second-order valence-electron chi connectivity index (χ2n) is 5.50. The van der Waals surface area contributed by atoms with Crippen LogP contribution in [-0.4, -0.2) is 71.2 Å². The molecule has 0 aromatic carbocycles. The van der Waals surface area contributed by atoms with Crippen LogP contribution < -0.4 is 5.32 Å². The molecule has 2 aliphatic rings. The number of nitrogens with one attached hydrogen (secondary N) is 1. The summed E-state index contributed by atoms with van der Waals surface area (Å²) >= 11 is 1.97. The molecule has 1 aromatic rings. The van der Waals surface area contributed by atoms with Gasteiger partial charge in [0.15, 0.2) is 5.82 Å². The molecule has 0 bridgehead atoms. The largest absolute Gasteiger partial charge is 0.338 e. The molecule has 7 heteroatoms. The van der Waals surface area contributed by atoms with E-state index < -0.39 is 0 Å². The number of rotatable bonds is 3. The van der Waals surface area contributed by atoms with Crippen LogP contribution in [0.25, 0.3) is 0 Å². The van der Waals surface area contributed by atoms with Crippen LogP contribution in [0.3, 0.4) is 0 Å². The van der Waals surface area contributed by atoms with Crippen molar-refractivity contribution >= 4 is 11.8 Å². The van der Waals surface area contributed by atoms with Gasteiger partial charge < -0.3 is 9.84 Å². The van der Waals surface area contributed by atoms with Gasteiger partial charge >= 0.3 is 0 Å². The van der Waals surface area contributed by atoms with Crippen LogP contribution in [0, 0.1) is 0 Å². The van der Waals surface area contributed by atoms with E-state index in [2.05, 4.69) is 32.3 Å². The summed E-state index contributed by atoms with van der Waals surface area (Å²) in [4.78, 5) is 9.32. The maximum absolute atomic E-state index is 5.45. The summed E-state index contributed by atoms with van der Waals surface area (Å²) < 4.78 is 5.45. The van der Waals surface area contributed by atoms with Gasteiger partial charge in [-0.05, 0) is 26.6 Å². The molecule has 3 heterocycles. The van der Waals surface area contributed by atoms with E-state index in [4.69, 9.17) is 4.52 Å². The molecule has 0 saturated carbocycles. The van der Waals surface area contributed by atoms with Crippen LogP contribution in [0.2, 0.25) is 0 Å². The molecule has 1 N–H and O–H groups in total. The lowest BCUT2D eigenvalue weighted by atomic mass is 10.3. The van der Waals surface area contributed by atoms with Gasteiger partial charge in [0.1, 0.15) is 0 Å². The number of aromatic nitrogens is 2. The Morgan fingerprint density at radius 1 is 1.35 bits per heavy atom. The molecule has 1 atom stereocenters. The van der Waals surface area contributed by atoms with Gasteiger partial charge in [0.2, 0.25) is 5.89 Å². The van der Waals surface area contributed by atoms with Crippen molar-refractivity contribution in [1.29, 1.82) is 0 Å². The Kier molecular flexibility index (Phi) is 4.93. The molecule has 20 heavy (non-hydrogen) atoms. The Balaban J connectivity index is 1.61. The van der Waals surface area contributed by atoms with Gasteiger partial charge in [-0.3, -0.25) is 9.80 Å². The first-order valence-corrected chi connectivity index (χ1v) is 8.52. The Morgan fingerprint density at radius 3 is 3.20 bits per heavy atom. The van der Waals surface area contributed by atoms with E-state index in [0.29, 0.717) is 6.04 Å². The average molecular weight is 297 g/mol. The molecule has 3 rings (SSSR count). The van der Waals surface area contributed by atoms with Gasteiger partial charge in [0.05, 0.1) is 12.6 Å². The lowest BCUT2D eigenvalue weighted by Crippen LogP contribution is -2.33. The predicted octanol–water partition coefficient (Wildman–Crippen LogP) is 0.585. The van der Waals surface area contributed by atoms with E-state index in [0.717, 1.165) is 56.7 Å². The minimum atomic E-state index is 0.303. The fraction of sp³-hybridized carbons (Fsp3) is 0.846. The van der Waals surface area contributed by atoms with Crippen LogP contribution in [0.1, 0.15) is 24.2 Å². The zero-order valence-electron chi connectivity index (χ0n) is 12.0. The molecule has 1 unspecified atom stereocenters. The Hall–Kier alpha value is -0.630. The lowest BCUT2D eigenvalue weighted by molar-refractivity contribution is 0.235. The highest BCUT2D eigenvalue weighted by atomic mass is 32.2. The van der Waals surface area contributed by atoms with E-state index in [9.17, 15) is 0 Å². The average Bonchev–Trinajstić information content (AvgIpc) is 2.75. The van der Waals surface area contributed by atoms with Crippen LogP contribution in [0.5, 0.6) is 0 Å². The van der Waals surface area contributed by atoms with E-state index in [1.165, 1.54) is 12.2 Å². The van der Waals surface area contributed by atoms with Crippen molar-refractivity contribution in [3.8, 4) is 0 Å². The number of hydrogen-bond acceptors (Lipinski definition) is 7. The number of thioether (sulfide) groups is 1. The van der Waals surface area contributed by atoms with Gasteiger partial charge in [0.25, 0.3) is 0 Å². The van der Waals surface area contributed by atoms with Crippen molar-refractivity contribution in [3.05, 3.63) is 11.7 Å². The number of hydrogen-bond donors (Lipinski definition) is 1. The number of nitrogens with zero attached hydrogens (tertiary/aromatic N) is 4. The van der Waals surface area contributed by atoms with E-state index in [1.807, 2.05) is 11.8 Å². The van der Waals surface area contributed by atoms with Crippen molar-refractivity contribution in [2.75, 3.05) is 51.3 Å². The van der Waals surface area contributed by atoms with Crippen LogP contribution >= 0.6 is 11.8 Å². The zero-order valence-corrected chi connectivity index (χ0v) is 12.9. The maximum Gasteiger partial charge on any atom is 0.240 e. The SMILES string of the molecule is CN1CCSCC1c1noc(CN2CCCNCC2)n1. The van der Waals surface area contributed by atoms with Gasteiger partial charge in [0, 0.05) is 31.1 Å². The molecular formula is C13H23N5OS. The van der Waals surface area contributed by atoms with Crippen molar-refractivity contribution in [2.45, 2.75) is 19.0 Å². The summed E-state index contributed by atoms with van der Waals surface area (Å²) in [6.45, 7) is 6.18. The molecule has 0 spiro atoms. The minimum absolute atomic E-state index is 0.303. The smallest absolute Gasteiger partial charge is 0.240 e. The summed E-state index contributed by atoms with van der Waals surface area (Å²) in [5.74, 6) is 3.86. The summed E-state index contributed by atoms with van der Waals surface area (Å²) in [6.07, 6.45) is 1.18. The van der Waals surface area contributed by atoms with Gasteiger partial charge in [-0.1, -0.05) is 5.16 Å². The quantitative estimate of drug-likeness (QED) is 0.876. The van der Waals surface area contributed by atoms with Crippen molar-refractivity contribution in [1.82, 2.24) is 25.3 Å². The first-order chi connectivity index (χ1) is 9.83. The fourth-order valence-electron chi connectivity index (χ4n) is 2.68. The zero-order chi connectivity index (χ0) is 13.8. The Bertz CT molecular complexity index is 419. The molecule has 2 saturated heterocycles. The second kappa shape index (κ2) is 6.89. The third-order valence-electron chi connectivity index (χ3n) is 3.97. The maximum atomic E-state index is 5.45. The topological polar surface area (TPSA) is 57.4 Å². The highest BCUT2D eigenvalue weighted by molar-refractivity contribution is 7.99. The minimum Gasteiger partial charge on any atom is -0.338 e. The fourth-order valence-corrected chi connectivity index (χ4v) is 3.89. The third-order valence-corrected chi connectivity index (χ3v) is 4.99. The Morgan fingerprint density at radius 2 is 2.30 bits per heavy atom.